The van der Waals surface area contributed by atoms with Crippen LogP contribution in [0, 0.1) is 16.0 Å². The van der Waals surface area contributed by atoms with Crippen molar-refractivity contribution in [1.29, 1.82) is 0 Å². The number of hydrogen-bond donors (Lipinski definition) is 2. The Labute approximate surface area is 198 Å². The average molecular weight is 477 g/mol. The molecule has 0 bridgehead atoms. The Morgan fingerprint density at radius 2 is 1.71 bits per heavy atom. The van der Waals surface area contributed by atoms with Crippen molar-refractivity contribution >= 4 is 40.2 Å². The summed E-state index contributed by atoms with van der Waals surface area (Å²) in [6.07, 6.45) is 2.45. The summed E-state index contributed by atoms with van der Waals surface area (Å²) >= 11 is 1.39. The third kappa shape index (κ3) is 3.77. The lowest BCUT2D eigenvalue weighted by Gasteiger charge is -2.40. The van der Waals surface area contributed by atoms with E-state index < -0.39 is 34.9 Å². The number of rotatable bonds is 6. The molecule has 1 fully saturated rings. The van der Waals surface area contributed by atoms with Gasteiger partial charge in [-0.1, -0.05) is 36.4 Å². The molecular weight excluding hydrogens is 456 g/mol. The van der Waals surface area contributed by atoms with Gasteiger partial charge in [0.1, 0.15) is 12.1 Å². The molecular formula is C24H20N4O5S. The first-order valence-electron chi connectivity index (χ1n) is 10.6. The number of aliphatic hydroxyl groups is 1. The van der Waals surface area contributed by atoms with Gasteiger partial charge in [-0.2, -0.15) is 0 Å². The maximum atomic E-state index is 13.6. The Morgan fingerprint density at radius 3 is 2.35 bits per heavy atom. The van der Waals surface area contributed by atoms with Crippen LogP contribution in [0.5, 0.6) is 0 Å². The number of nitro benzene ring substituents is 1. The highest BCUT2D eigenvalue weighted by Gasteiger charge is 2.54. The van der Waals surface area contributed by atoms with Crippen LogP contribution in [0.15, 0.2) is 84.3 Å². The molecule has 0 radical (unpaired) electrons. The Balaban J connectivity index is 1.53. The molecule has 0 aliphatic carbocycles. The number of amides is 2. The molecule has 0 spiro atoms. The maximum absolute atomic E-state index is 13.6. The van der Waals surface area contributed by atoms with E-state index in [1.54, 1.807) is 53.6 Å². The molecule has 172 valence electrons. The normalized spacial score (nSPS) is 23.1. The summed E-state index contributed by atoms with van der Waals surface area (Å²) < 4.78 is 0. The SMILES string of the molecule is O=C1C2C=CC(C(O)c3cccs3)N(Nc3ccc([N+](=O)[O-])cc3)C2C(=O)N1c1ccccc1. The number of benzene rings is 2. The smallest absolute Gasteiger partial charge is 0.269 e. The lowest BCUT2D eigenvalue weighted by atomic mass is 9.92. The third-order valence-electron chi connectivity index (χ3n) is 5.96. The number of imide groups is 1. The number of nitrogens with one attached hydrogen (secondary N) is 1. The number of fused-ring (bicyclic) bond motifs is 1. The molecule has 34 heavy (non-hydrogen) atoms. The molecule has 2 aliphatic rings. The molecule has 2 aliphatic heterocycles. The monoisotopic (exact) mass is 476 g/mol. The standard InChI is InChI=1S/C24H20N4O5S/c29-22(20-7-4-14-34-20)19-13-12-18-21(24(31)26(23(18)30)16-5-2-1-3-6-16)27(19)25-15-8-10-17(11-9-15)28(32)33/h1-14,18-19,21-22,25,29H. The fourth-order valence-corrected chi connectivity index (χ4v) is 5.09. The summed E-state index contributed by atoms with van der Waals surface area (Å²) in [6.45, 7) is 0. The second kappa shape index (κ2) is 8.82. The highest BCUT2D eigenvalue weighted by atomic mass is 32.1. The van der Waals surface area contributed by atoms with E-state index in [9.17, 15) is 24.8 Å². The average Bonchev–Trinajstić information content (AvgIpc) is 3.47. The van der Waals surface area contributed by atoms with Crippen molar-refractivity contribution in [2.75, 3.05) is 10.3 Å². The Morgan fingerprint density at radius 1 is 0.971 bits per heavy atom. The van der Waals surface area contributed by atoms with Crippen molar-refractivity contribution < 1.29 is 19.6 Å². The molecule has 1 aromatic heterocycles. The first-order valence-corrected chi connectivity index (χ1v) is 11.5. The van der Waals surface area contributed by atoms with Crippen molar-refractivity contribution in [3.63, 3.8) is 0 Å². The van der Waals surface area contributed by atoms with Gasteiger partial charge in [-0.05, 0) is 35.7 Å². The van der Waals surface area contributed by atoms with Gasteiger partial charge in [0.25, 0.3) is 11.6 Å². The van der Waals surface area contributed by atoms with E-state index >= 15 is 0 Å². The highest BCUT2D eigenvalue weighted by Crippen LogP contribution is 2.38. The number of aliphatic hydroxyl groups excluding tert-OH is 1. The summed E-state index contributed by atoms with van der Waals surface area (Å²) in [6, 6.07) is 16.5. The zero-order chi connectivity index (χ0) is 23.8. The van der Waals surface area contributed by atoms with E-state index in [-0.39, 0.29) is 11.6 Å². The molecule has 1 saturated heterocycles. The predicted molar refractivity (Wildman–Crippen MR) is 127 cm³/mol. The number of carbonyl (C=O) groups excluding carboxylic acids is 2. The van der Waals surface area contributed by atoms with Crippen LogP contribution in [0.3, 0.4) is 0 Å². The van der Waals surface area contributed by atoms with Gasteiger partial charge in [0.2, 0.25) is 5.91 Å². The molecule has 3 heterocycles. The summed E-state index contributed by atoms with van der Waals surface area (Å²) in [4.78, 5) is 39.2. The topological polar surface area (TPSA) is 116 Å². The van der Waals surface area contributed by atoms with E-state index in [1.165, 1.54) is 40.5 Å². The second-order valence-corrected chi connectivity index (χ2v) is 8.96. The molecule has 2 aromatic carbocycles. The van der Waals surface area contributed by atoms with Gasteiger partial charge < -0.3 is 10.5 Å². The molecule has 4 unspecified atom stereocenters. The summed E-state index contributed by atoms with van der Waals surface area (Å²) in [7, 11) is 0. The van der Waals surface area contributed by atoms with E-state index in [1.807, 2.05) is 11.4 Å². The van der Waals surface area contributed by atoms with Crippen molar-refractivity contribution in [2.24, 2.45) is 5.92 Å². The van der Waals surface area contributed by atoms with Gasteiger partial charge in [-0.25, -0.2) is 9.91 Å². The van der Waals surface area contributed by atoms with E-state index in [0.29, 0.717) is 16.3 Å². The molecule has 2 amide bonds. The maximum Gasteiger partial charge on any atom is 0.269 e. The second-order valence-electron chi connectivity index (χ2n) is 7.98. The van der Waals surface area contributed by atoms with Crippen molar-refractivity contribution in [3.05, 3.63) is 99.3 Å². The number of thiophene rings is 1. The summed E-state index contributed by atoms with van der Waals surface area (Å²) in [5.41, 5.74) is 4.03. The lowest BCUT2D eigenvalue weighted by molar-refractivity contribution is -0.384. The summed E-state index contributed by atoms with van der Waals surface area (Å²) in [5.74, 6) is -1.51. The Hall–Kier alpha value is -3.86. The Kier molecular flexibility index (Phi) is 5.70. The van der Waals surface area contributed by atoms with Gasteiger partial charge in [-0.3, -0.25) is 19.7 Å². The number of nitro groups is 1. The van der Waals surface area contributed by atoms with Gasteiger partial charge in [0.05, 0.1) is 22.6 Å². The van der Waals surface area contributed by atoms with E-state index in [0.717, 1.165) is 0 Å². The first-order chi connectivity index (χ1) is 16.5. The highest BCUT2D eigenvalue weighted by molar-refractivity contribution is 7.10. The predicted octanol–water partition coefficient (Wildman–Crippen LogP) is 3.52. The fourth-order valence-electron chi connectivity index (χ4n) is 4.34. The van der Waals surface area contributed by atoms with Gasteiger partial charge in [0.15, 0.2) is 0 Å². The molecule has 2 N–H and O–H groups in total. The van der Waals surface area contributed by atoms with Crippen LogP contribution in [0.2, 0.25) is 0 Å². The van der Waals surface area contributed by atoms with Crippen LogP contribution in [-0.4, -0.2) is 38.9 Å². The summed E-state index contributed by atoms with van der Waals surface area (Å²) in [5, 5.41) is 25.6. The number of nitrogens with zero attached hydrogens (tertiary/aromatic N) is 3. The molecule has 9 nitrogen and oxygen atoms in total. The van der Waals surface area contributed by atoms with Gasteiger partial charge in [-0.15, -0.1) is 11.3 Å². The Bertz CT molecular complexity index is 1250. The molecule has 10 heteroatoms. The number of para-hydroxylation sites is 1. The third-order valence-corrected chi connectivity index (χ3v) is 6.91. The van der Waals surface area contributed by atoms with Crippen molar-refractivity contribution in [2.45, 2.75) is 18.2 Å². The minimum atomic E-state index is -0.962. The van der Waals surface area contributed by atoms with Gasteiger partial charge in [0, 0.05) is 22.7 Å². The quantitative estimate of drug-likeness (QED) is 0.242. The number of hydrazine groups is 1. The fraction of sp³-hybridized carbons (Fsp3) is 0.167. The van der Waals surface area contributed by atoms with Crippen LogP contribution in [0.1, 0.15) is 11.0 Å². The van der Waals surface area contributed by atoms with Gasteiger partial charge >= 0.3 is 0 Å². The van der Waals surface area contributed by atoms with Crippen LogP contribution in [0.25, 0.3) is 0 Å². The zero-order valence-electron chi connectivity index (χ0n) is 17.7. The van der Waals surface area contributed by atoms with Crippen molar-refractivity contribution in [1.82, 2.24) is 5.01 Å². The van der Waals surface area contributed by atoms with Crippen molar-refractivity contribution in [3.8, 4) is 0 Å². The number of carbonyl (C=O) groups is 2. The van der Waals surface area contributed by atoms with E-state index in [2.05, 4.69) is 5.43 Å². The molecule has 4 atom stereocenters. The van der Waals surface area contributed by atoms with Crippen LogP contribution in [0.4, 0.5) is 17.1 Å². The number of anilines is 2. The number of hydrogen-bond acceptors (Lipinski definition) is 8. The first kappa shape index (κ1) is 22.0. The number of non-ortho nitro benzene ring substituents is 1. The molecule has 0 saturated carbocycles. The van der Waals surface area contributed by atoms with Crippen LogP contribution >= 0.6 is 11.3 Å². The molecule has 5 rings (SSSR count). The largest absolute Gasteiger partial charge is 0.386 e. The minimum absolute atomic E-state index is 0.0699. The van der Waals surface area contributed by atoms with Crippen LogP contribution in [-0.2, 0) is 9.59 Å². The molecule has 3 aromatic rings. The zero-order valence-corrected chi connectivity index (χ0v) is 18.5. The van der Waals surface area contributed by atoms with E-state index in [4.69, 9.17) is 0 Å². The minimum Gasteiger partial charge on any atom is -0.386 e. The lowest BCUT2D eigenvalue weighted by Crippen LogP contribution is -2.55. The van der Waals surface area contributed by atoms with Crippen LogP contribution < -0.4 is 10.3 Å².